The zero-order valence-electron chi connectivity index (χ0n) is 12.9. The van der Waals surface area contributed by atoms with Crippen LogP contribution in [0.5, 0.6) is 0 Å². The lowest BCUT2D eigenvalue weighted by atomic mass is 10.1. The highest BCUT2D eigenvalue weighted by Gasteiger charge is 2.38. The number of carbonyl (C=O) groups excluding carboxylic acids is 2. The van der Waals surface area contributed by atoms with E-state index >= 15 is 0 Å². The van der Waals surface area contributed by atoms with E-state index in [1.54, 1.807) is 6.07 Å². The van der Waals surface area contributed by atoms with Gasteiger partial charge in [0.2, 0.25) is 0 Å². The lowest BCUT2D eigenvalue weighted by Crippen LogP contribution is -2.35. The van der Waals surface area contributed by atoms with Crippen LogP contribution in [0.4, 0.5) is 10.1 Å². The van der Waals surface area contributed by atoms with E-state index in [4.69, 9.17) is 12.2 Å². The monoisotopic (exact) mass is 388 g/mol. The molecule has 1 heterocycles. The standard InChI is InChI=1S/C17H9FN2O4S2/c18-13-7-2-1-6-12(13)15(21)19-16(22)14(26-17(19)25)9-10-4-3-5-11(8-10)20(23)24/h1-9H/b14-9+. The molecule has 0 N–H and O–H groups in total. The van der Waals surface area contributed by atoms with E-state index < -0.39 is 22.6 Å². The van der Waals surface area contributed by atoms with Crippen molar-refractivity contribution in [1.29, 1.82) is 0 Å². The van der Waals surface area contributed by atoms with Crippen LogP contribution in [0.3, 0.4) is 0 Å². The maximum absolute atomic E-state index is 13.8. The van der Waals surface area contributed by atoms with Gasteiger partial charge in [0, 0.05) is 12.1 Å². The Balaban J connectivity index is 1.92. The van der Waals surface area contributed by atoms with Gasteiger partial charge < -0.3 is 0 Å². The van der Waals surface area contributed by atoms with Crippen LogP contribution in [0, 0.1) is 15.9 Å². The molecule has 2 aromatic rings. The maximum atomic E-state index is 13.8. The highest BCUT2D eigenvalue weighted by molar-refractivity contribution is 8.26. The van der Waals surface area contributed by atoms with Gasteiger partial charge in [0.15, 0.2) is 4.32 Å². The number of carbonyl (C=O) groups is 2. The molecule has 3 rings (SSSR count). The number of amides is 2. The first-order chi connectivity index (χ1) is 12.4. The molecule has 0 spiro atoms. The number of imide groups is 1. The summed E-state index contributed by atoms with van der Waals surface area (Å²) in [4.78, 5) is 36.2. The van der Waals surface area contributed by atoms with Crippen molar-refractivity contribution in [3.05, 3.63) is 80.5 Å². The molecule has 0 radical (unpaired) electrons. The first-order valence-corrected chi connectivity index (χ1v) is 8.42. The number of thiocarbonyl (C=S) groups is 1. The van der Waals surface area contributed by atoms with Crippen molar-refractivity contribution in [2.45, 2.75) is 0 Å². The van der Waals surface area contributed by atoms with Crippen molar-refractivity contribution in [3.8, 4) is 0 Å². The van der Waals surface area contributed by atoms with Gasteiger partial charge in [-0.2, -0.15) is 0 Å². The summed E-state index contributed by atoms with van der Waals surface area (Å²) in [5.41, 5.74) is 0.0232. The third-order valence-electron chi connectivity index (χ3n) is 3.48. The zero-order valence-corrected chi connectivity index (χ0v) is 14.6. The Labute approximate surface area is 156 Å². The first kappa shape index (κ1) is 17.9. The van der Waals surface area contributed by atoms with Crippen LogP contribution in [0.1, 0.15) is 15.9 Å². The fourth-order valence-electron chi connectivity index (χ4n) is 2.28. The second kappa shape index (κ2) is 7.14. The van der Waals surface area contributed by atoms with Crippen LogP contribution in [0.25, 0.3) is 6.08 Å². The predicted octanol–water partition coefficient (Wildman–Crippen LogP) is 3.78. The van der Waals surface area contributed by atoms with Gasteiger partial charge in [0.1, 0.15) is 5.82 Å². The summed E-state index contributed by atoms with van der Waals surface area (Å²) in [6.07, 6.45) is 1.40. The maximum Gasteiger partial charge on any atom is 0.273 e. The quantitative estimate of drug-likeness (QED) is 0.262. The molecule has 6 nitrogen and oxygen atoms in total. The minimum absolute atomic E-state index is 0.0278. The van der Waals surface area contributed by atoms with E-state index in [-0.39, 0.29) is 20.5 Å². The van der Waals surface area contributed by atoms with Crippen molar-refractivity contribution in [2.24, 2.45) is 0 Å². The second-order valence-corrected chi connectivity index (χ2v) is 6.83. The Morgan fingerprint density at radius 2 is 1.96 bits per heavy atom. The Kier molecular flexibility index (Phi) is 4.92. The molecule has 0 atom stereocenters. The van der Waals surface area contributed by atoms with Gasteiger partial charge in [-0.15, -0.1) is 0 Å². The van der Waals surface area contributed by atoms with E-state index in [1.807, 2.05) is 0 Å². The number of rotatable bonds is 3. The van der Waals surface area contributed by atoms with E-state index in [1.165, 1.54) is 42.5 Å². The Bertz CT molecular complexity index is 990. The molecule has 9 heteroatoms. The largest absolute Gasteiger partial charge is 0.273 e. The highest BCUT2D eigenvalue weighted by atomic mass is 32.2. The molecular formula is C17H9FN2O4S2. The smallest absolute Gasteiger partial charge is 0.268 e. The van der Waals surface area contributed by atoms with Crippen molar-refractivity contribution in [1.82, 2.24) is 4.90 Å². The van der Waals surface area contributed by atoms with E-state index in [2.05, 4.69) is 0 Å². The number of halogens is 1. The Hall–Kier alpha value is -2.91. The highest BCUT2D eigenvalue weighted by Crippen LogP contribution is 2.34. The number of thioether (sulfide) groups is 1. The zero-order chi connectivity index (χ0) is 18.8. The number of benzene rings is 2. The van der Waals surface area contributed by atoms with Crippen molar-refractivity contribution < 1.29 is 18.9 Å². The number of hydrogen-bond acceptors (Lipinski definition) is 6. The summed E-state index contributed by atoms with van der Waals surface area (Å²) < 4.78 is 13.8. The van der Waals surface area contributed by atoms with Crippen LogP contribution in [-0.2, 0) is 4.79 Å². The van der Waals surface area contributed by atoms with Gasteiger partial charge in [-0.3, -0.25) is 19.7 Å². The normalized spacial score (nSPS) is 15.6. The van der Waals surface area contributed by atoms with Crippen molar-refractivity contribution in [2.75, 3.05) is 0 Å². The number of nitro groups is 1. The summed E-state index contributed by atoms with van der Waals surface area (Å²) in [7, 11) is 0. The Morgan fingerprint density at radius 3 is 2.65 bits per heavy atom. The van der Waals surface area contributed by atoms with Gasteiger partial charge in [-0.1, -0.05) is 48.2 Å². The molecule has 1 aliphatic heterocycles. The first-order valence-electron chi connectivity index (χ1n) is 7.20. The topological polar surface area (TPSA) is 80.5 Å². The van der Waals surface area contributed by atoms with Crippen LogP contribution in [0.2, 0.25) is 0 Å². The fourth-order valence-corrected chi connectivity index (χ4v) is 3.53. The third-order valence-corrected chi connectivity index (χ3v) is 4.78. The average molecular weight is 388 g/mol. The van der Waals surface area contributed by atoms with Crippen LogP contribution in [-0.4, -0.2) is 26.0 Å². The summed E-state index contributed by atoms with van der Waals surface area (Å²) >= 11 is 5.95. The molecule has 130 valence electrons. The summed E-state index contributed by atoms with van der Waals surface area (Å²) in [6.45, 7) is 0. The molecule has 26 heavy (non-hydrogen) atoms. The van der Waals surface area contributed by atoms with Gasteiger partial charge in [0.25, 0.3) is 17.5 Å². The van der Waals surface area contributed by atoms with E-state index in [0.29, 0.717) is 5.56 Å². The molecule has 0 aromatic heterocycles. The number of hydrogen-bond donors (Lipinski definition) is 0. The molecule has 1 saturated heterocycles. The summed E-state index contributed by atoms with van der Waals surface area (Å²) in [5.74, 6) is -2.30. The fraction of sp³-hybridized carbons (Fsp3) is 0. The summed E-state index contributed by atoms with van der Waals surface area (Å²) in [5, 5.41) is 10.8. The molecule has 2 amide bonds. The lowest BCUT2D eigenvalue weighted by molar-refractivity contribution is -0.384. The molecule has 1 fully saturated rings. The number of nitrogens with zero attached hydrogens (tertiary/aromatic N) is 2. The molecular weight excluding hydrogens is 379 g/mol. The van der Waals surface area contributed by atoms with E-state index in [9.17, 15) is 24.1 Å². The molecule has 0 saturated carbocycles. The minimum atomic E-state index is -0.854. The van der Waals surface area contributed by atoms with Crippen molar-refractivity contribution >= 4 is 51.9 Å². The number of nitro benzene ring substituents is 1. The molecule has 1 aliphatic rings. The van der Waals surface area contributed by atoms with Gasteiger partial charge in [-0.25, -0.2) is 9.29 Å². The van der Waals surface area contributed by atoms with Gasteiger partial charge >= 0.3 is 0 Å². The second-order valence-electron chi connectivity index (χ2n) is 5.15. The SMILES string of the molecule is O=C1/C(=C\c2cccc([N+](=O)[O-])c2)SC(=S)N1C(=O)c1ccccc1F. The molecule has 0 aliphatic carbocycles. The predicted molar refractivity (Wildman–Crippen MR) is 98.8 cm³/mol. The van der Waals surface area contributed by atoms with Crippen LogP contribution in [0.15, 0.2) is 53.4 Å². The molecule has 2 aromatic carbocycles. The van der Waals surface area contributed by atoms with E-state index in [0.717, 1.165) is 22.7 Å². The number of non-ortho nitro benzene ring substituents is 1. The summed E-state index contributed by atoms with van der Waals surface area (Å²) in [6, 6.07) is 11.0. The van der Waals surface area contributed by atoms with Crippen LogP contribution < -0.4 is 0 Å². The average Bonchev–Trinajstić information content (AvgIpc) is 2.88. The third kappa shape index (κ3) is 3.39. The minimum Gasteiger partial charge on any atom is -0.268 e. The molecule has 0 bridgehead atoms. The van der Waals surface area contributed by atoms with Crippen LogP contribution >= 0.6 is 24.0 Å². The Morgan fingerprint density at radius 1 is 1.23 bits per heavy atom. The van der Waals surface area contributed by atoms with Gasteiger partial charge in [-0.05, 0) is 23.8 Å². The van der Waals surface area contributed by atoms with Gasteiger partial charge in [0.05, 0.1) is 15.4 Å². The van der Waals surface area contributed by atoms with Crippen molar-refractivity contribution in [3.63, 3.8) is 0 Å². The lowest BCUT2D eigenvalue weighted by Gasteiger charge is -2.12. The molecule has 0 unspecified atom stereocenters.